The summed E-state index contributed by atoms with van der Waals surface area (Å²) in [5, 5.41) is 8.95. The van der Waals surface area contributed by atoms with Crippen molar-refractivity contribution in [3.8, 4) is 17.1 Å². The minimum Gasteiger partial charge on any atom is -0.497 e. The van der Waals surface area contributed by atoms with Gasteiger partial charge in [-0.2, -0.15) is 23.4 Å². The fourth-order valence-corrected chi connectivity index (χ4v) is 8.16. The zero-order chi connectivity index (χ0) is 44.9. The maximum absolute atomic E-state index is 13.3. The molecular weight excluding hydrogens is 836 g/mol. The number of hydrogen-bond donors (Lipinski definition) is 1. The summed E-state index contributed by atoms with van der Waals surface area (Å²) in [6.45, 7) is 7.53. The Morgan fingerprint density at radius 2 is 1.13 bits per heavy atom. The van der Waals surface area contributed by atoms with Gasteiger partial charge in [-0.05, 0) is 86.6 Å². The number of alkyl halides is 3. The predicted octanol–water partition coefficient (Wildman–Crippen LogP) is 6.69. The van der Waals surface area contributed by atoms with Crippen LogP contribution in [0.15, 0.2) is 115 Å². The Bertz CT molecular complexity index is 2650. The molecule has 1 N–H and O–H groups in total. The van der Waals surface area contributed by atoms with E-state index in [0.717, 1.165) is 40.8 Å². The van der Waals surface area contributed by atoms with Gasteiger partial charge in [0.15, 0.2) is 0 Å². The van der Waals surface area contributed by atoms with Crippen molar-refractivity contribution in [1.82, 2.24) is 29.4 Å². The third-order valence-electron chi connectivity index (χ3n) is 10.6. The Labute approximate surface area is 364 Å². The van der Waals surface area contributed by atoms with Gasteiger partial charge in [0.1, 0.15) is 17.1 Å². The van der Waals surface area contributed by atoms with Crippen LogP contribution in [0.25, 0.3) is 11.4 Å². The van der Waals surface area contributed by atoms with Crippen LogP contribution in [0, 0.1) is 13.8 Å². The largest absolute Gasteiger partial charge is 0.497 e. The van der Waals surface area contributed by atoms with Crippen LogP contribution in [0.3, 0.4) is 0 Å². The average molecular weight is 884 g/mol. The van der Waals surface area contributed by atoms with E-state index in [1.54, 1.807) is 50.5 Å². The van der Waals surface area contributed by atoms with Gasteiger partial charge in [-0.25, -0.2) is 17.8 Å². The number of halogens is 3. The highest BCUT2D eigenvalue weighted by Gasteiger charge is 2.36. The fraction of sp³-hybridized carbons (Fsp3) is 0.289. The Morgan fingerprint density at radius 3 is 1.67 bits per heavy atom. The van der Waals surface area contributed by atoms with Crippen LogP contribution in [0.5, 0.6) is 5.75 Å². The molecule has 18 heteroatoms. The van der Waals surface area contributed by atoms with Crippen molar-refractivity contribution in [2.75, 3.05) is 80.2 Å². The molecular formula is C45H48F3N9O5S. The Balaban J connectivity index is 0.000000190. The van der Waals surface area contributed by atoms with E-state index in [-0.39, 0.29) is 17.5 Å². The number of amides is 2. The van der Waals surface area contributed by atoms with Gasteiger partial charge in [-0.15, -0.1) is 0 Å². The molecule has 0 bridgehead atoms. The van der Waals surface area contributed by atoms with Crippen molar-refractivity contribution < 1.29 is 35.9 Å². The molecule has 2 fully saturated rings. The number of carbonyl (C=O) groups is 2. The molecule has 2 aliphatic heterocycles. The number of hydrogen-bond acceptors (Lipinski definition) is 9. The molecule has 2 amide bonds. The van der Waals surface area contributed by atoms with Crippen LogP contribution in [0.2, 0.25) is 0 Å². The SMILES string of the molecule is COc1cccc(-n2nc(C)cc2C(=O)N2CCN(c3ccc(NS(C)(=O)=O)cc3)CC2)c1.Cc1cc(C(=O)N2CCN(c3ccccc3C(F)(F)F)CC2)n(-c2ccccc2)n1. The molecule has 0 saturated carbocycles. The first-order chi connectivity index (χ1) is 30.1. The molecule has 0 radical (unpaired) electrons. The Morgan fingerprint density at radius 1 is 0.619 bits per heavy atom. The molecule has 0 unspecified atom stereocenters. The first-order valence-electron chi connectivity index (χ1n) is 20.2. The summed E-state index contributed by atoms with van der Waals surface area (Å²) in [6, 6.07) is 33.2. The molecule has 63 heavy (non-hydrogen) atoms. The number of para-hydroxylation sites is 2. The summed E-state index contributed by atoms with van der Waals surface area (Å²) in [4.78, 5) is 33.8. The van der Waals surface area contributed by atoms with Crippen molar-refractivity contribution >= 4 is 38.9 Å². The number of nitrogens with zero attached hydrogens (tertiary/aromatic N) is 8. The van der Waals surface area contributed by atoms with Gasteiger partial charge in [0, 0.05) is 75.5 Å². The van der Waals surface area contributed by atoms with Crippen LogP contribution in [-0.2, 0) is 16.2 Å². The van der Waals surface area contributed by atoms with Crippen LogP contribution in [0.1, 0.15) is 37.9 Å². The first-order valence-corrected chi connectivity index (χ1v) is 22.1. The molecule has 2 aliphatic rings. The number of piperazine rings is 2. The highest BCUT2D eigenvalue weighted by Crippen LogP contribution is 2.37. The number of rotatable bonds is 9. The molecule has 2 aromatic heterocycles. The molecule has 14 nitrogen and oxygen atoms in total. The number of benzene rings is 4. The monoisotopic (exact) mass is 883 g/mol. The van der Waals surface area contributed by atoms with Gasteiger partial charge in [0.05, 0.1) is 41.7 Å². The fourth-order valence-electron chi connectivity index (χ4n) is 7.59. The number of sulfonamides is 1. The summed E-state index contributed by atoms with van der Waals surface area (Å²) in [5.74, 6) is 0.458. The molecule has 4 aromatic carbocycles. The normalized spacial score (nSPS) is 14.5. The summed E-state index contributed by atoms with van der Waals surface area (Å²) in [5.41, 5.74) is 5.02. The van der Waals surface area contributed by atoms with Crippen molar-refractivity contribution in [2.45, 2.75) is 20.0 Å². The highest BCUT2D eigenvalue weighted by atomic mass is 32.2. The van der Waals surface area contributed by atoms with Crippen LogP contribution in [-0.4, -0.2) is 115 Å². The van der Waals surface area contributed by atoms with E-state index in [0.29, 0.717) is 75.2 Å². The van der Waals surface area contributed by atoms with Crippen molar-refractivity contribution in [3.05, 3.63) is 144 Å². The van der Waals surface area contributed by atoms with Crippen LogP contribution >= 0.6 is 0 Å². The van der Waals surface area contributed by atoms with Crippen molar-refractivity contribution in [3.63, 3.8) is 0 Å². The summed E-state index contributed by atoms with van der Waals surface area (Å²) in [6.07, 6.45) is -3.29. The van der Waals surface area contributed by atoms with Crippen molar-refractivity contribution in [1.29, 1.82) is 0 Å². The van der Waals surface area contributed by atoms with Gasteiger partial charge in [0.25, 0.3) is 11.8 Å². The third kappa shape index (κ3) is 10.6. The summed E-state index contributed by atoms with van der Waals surface area (Å²) < 4.78 is 73.8. The number of methoxy groups -OCH3 is 1. The second-order valence-corrected chi connectivity index (χ2v) is 16.9. The molecule has 8 rings (SSSR count). The van der Waals surface area contributed by atoms with E-state index in [1.165, 1.54) is 12.1 Å². The molecule has 0 spiro atoms. The smallest absolute Gasteiger partial charge is 0.418 e. The minimum atomic E-state index is -4.41. The number of carbonyl (C=O) groups excluding carboxylic acids is 2. The van der Waals surface area contributed by atoms with Gasteiger partial charge in [-0.3, -0.25) is 14.3 Å². The molecule has 4 heterocycles. The standard InChI is InChI=1S/C23H27N5O4S.C22H21F3N4O/c1-17-15-22(28(24-17)20-5-4-6-21(16-20)32-2)23(29)27-13-11-26(12-14-27)19-9-7-18(8-10-19)25-33(3,30)31;1-16-15-20(29(26-16)17-7-3-2-4-8-17)21(30)28-13-11-27(12-14-28)19-10-6-5-9-18(19)22(23,24)25/h4-10,15-16,25H,11-14H2,1-3H3;2-10,15H,11-14H2,1H3. The number of aryl methyl sites for hydroxylation is 2. The van der Waals surface area contributed by atoms with E-state index in [1.807, 2.05) is 91.5 Å². The van der Waals surface area contributed by atoms with E-state index in [9.17, 15) is 31.2 Å². The topological polar surface area (TPSA) is 138 Å². The number of nitrogens with one attached hydrogen (secondary N) is 1. The Kier molecular flexibility index (Phi) is 13.1. The number of ether oxygens (including phenoxy) is 1. The number of anilines is 3. The highest BCUT2D eigenvalue weighted by molar-refractivity contribution is 7.92. The zero-order valence-electron chi connectivity index (χ0n) is 35.3. The second kappa shape index (κ2) is 18.7. The Hall–Kier alpha value is -6.82. The maximum atomic E-state index is 13.3. The lowest BCUT2D eigenvalue weighted by Gasteiger charge is -2.37. The van der Waals surface area contributed by atoms with Crippen molar-refractivity contribution in [2.24, 2.45) is 0 Å². The minimum absolute atomic E-state index is 0.0641. The molecule has 330 valence electrons. The van der Waals surface area contributed by atoms with E-state index in [4.69, 9.17) is 4.74 Å². The van der Waals surface area contributed by atoms with Gasteiger partial charge in [0.2, 0.25) is 10.0 Å². The predicted molar refractivity (Wildman–Crippen MR) is 236 cm³/mol. The zero-order valence-corrected chi connectivity index (χ0v) is 36.1. The summed E-state index contributed by atoms with van der Waals surface area (Å²) in [7, 11) is -1.70. The number of aromatic nitrogens is 4. The quantitative estimate of drug-likeness (QED) is 0.169. The molecule has 2 saturated heterocycles. The maximum Gasteiger partial charge on any atom is 0.418 e. The molecule has 6 aromatic rings. The van der Waals surface area contributed by atoms with E-state index >= 15 is 0 Å². The molecule has 0 atom stereocenters. The molecule has 0 aliphatic carbocycles. The second-order valence-electron chi connectivity index (χ2n) is 15.2. The lowest BCUT2D eigenvalue weighted by Crippen LogP contribution is -2.49. The summed E-state index contributed by atoms with van der Waals surface area (Å²) >= 11 is 0. The first kappa shape index (κ1) is 44.2. The van der Waals surface area contributed by atoms with Gasteiger partial charge >= 0.3 is 6.18 Å². The van der Waals surface area contributed by atoms with E-state index < -0.39 is 21.8 Å². The van der Waals surface area contributed by atoms with Gasteiger partial charge in [-0.1, -0.05) is 36.4 Å². The van der Waals surface area contributed by atoms with Gasteiger partial charge < -0.3 is 24.3 Å². The lowest BCUT2D eigenvalue weighted by atomic mass is 10.1. The average Bonchev–Trinajstić information content (AvgIpc) is 3.88. The van der Waals surface area contributed by atoms with E-state index in [2.05, 4.69) is 19.8 Å². The lowest BCUT2D eigenvalue weighted by molar-refractivity contribution is -0.137. The van der Waals surface area contributed by atoms with Crippen LogP contribution < -0.4 is 19.3 Å². The van der Waals surface area contributed by atoms with Crippen LogP contribution in [0.4, 0.5) is 30.2 Å². The third-order valence-corrected chi connectivity index (χ3v) is 11.2.